The number of rotatable bonds is 5. The SMILES string of the molecule is CC(O)c1ccc(SCCc2ccncc2)cc1. The van der Waals surface area contributed by atoms with Crippen molar-refractivity contribution in [2.45, 2.75) is 24.3 Å². The molecule has 0 fully saturated rings. The molecule has 0 aliphatic heterocycles. The molecule has 0 radical (unpaired) electrons. The van der Waals surface area contributed by atoms with E-state index in [1.807, 2.05) is 36.3 Å². The molecule has 0 saturated heterocycles. The molecule has 1 unspecified atom stereocenters. The van der Waals surface area contributed by atoms with Gasteiger partial charge in [0, 0.05) is 23.0 Å². The van der Waals surface area contributed by atoms with Crippen LogP contribution in [0.15, 0.2) is 53.7 Å². The van der Waals surface area contributed by atoms with Crippen molar-refractivity contribution < 1.29 is 5.11 Å². The first kappa shape index (κ1) is 13.1. The van der Waals surface area contributed by atoms with E-state index in [-0.39, 0.29) is 6.10 Å². The lowest BCUT2D eigenvalue weighted by molar-refractivity contribution is 0.199. The zero-order valence-corrected chi connectivity index (χ0v) is 11.2. The third kappa shape index (κ3) is 3.86. The maximum atomic E-state index is 9.43. The number of thioether (sulfide) groups is 1. The van der Waals surface area contributed by atoms with Gasteiger partial charge in [0.05, 0.1) is 6.10 Å². The van der Waals surface area contributed by atoms with Crippen LogP contribution in [0.4, 0.5) is 0 Å². The van der Waals surface area contributed by atoms with E-state index in [1.165, 1.54) is 10.5 Å². The molecule has 2 nitrogen and oxygen atoms in total. The molecule has 1 heterocycles. The third-order valence-electron chi connectivity index (χ3n) is 2.77. The van der Waals surface area contributed by atoms with Gasteiger partial charge in [-0.15, -0.1) is 11.8 Å². The molecule has 2 rings (SSSR count). The van der Waals surface area contributed by atoms with Gasteiger partial charge in [0.25, 0.3) is 0 Å². The average molecular weight is 259 g/mol. The number of aliphatic hydroxyl groups is 1. The summed E-state index contributed by atoms with van der Waals surface area (Å²) in [4.78, 5) is 5.25. The van der Waals surface area contributed by atoms with Crippen molar-refractivity contribution in [3.05, 3.63) is 59.9 Å². The third-order valence-corrected chi connectivity index (χ3v) is 3.79. The number of hydrogen-bond acceptors (Lipinski definition) is 3. The molecule has 1 atom stereocenters. The molecule has 0 bridgehead atoms. The van der Waals surface area contributed by atoms with Crippen LogP contribution < -0.4 is 0 Å². The second-order valence-corrected chi connectivity index (χ2v) is 5.37. The summed E-state index contributed by atoms with van der Waals surface area (Å²) >= 11 is 1.83. The van der Waals surface area contributed by atoms with Gasteiger partial charge in [0.2, 0.25) is 0 Å². The van der Waals surface area contributed by atoms with Crippen molar-refractivity contribution in [1.29, 1.82) is 0 Å². The van der Waals surface area contributed by atoms with Crippen LogP contribution in [0, 0.1) is 0 Å². The Morgan fingerprint density at radius 3 is 2.39 bits per heavy atom. The standard InChI is InChI=1S/C15H17NOS/c1-12(17)14-2-4-15(5-3-14)18-11-8-13-6-9-16-10-7-13/h2-7,9-10,12,17H,8,11H2,1H3. The van der Waals surface area contributed by atoms with Crippen molar-refractivity contribution in [2.24, 2.45) is 0 Å². The molecule has 0 amide bonds. The summed E-state index contributed by atoms with van der Waals surface area (Å²) in [7, 11) is 0. The highest BCUT2D eigenvalue weighted by atomic mass is 32.2. The second kappa shape index (κ2) is 6.57. The van der Waals surface area contributed by atoms with Crippen LogP contribution in [-0.4, -0.2) is 15.8 Å². The summed E-state index contributed by atoms with van der Waals surface area (Å²) in [5.41, 5.74) is 2.28. The lowest BCUT2D eigenvalue weighted by atomic mass is 10.1. The molecule has 2 aromatic rings. The summed E-state index contributed by atoms with van der Waals surface area (Å²) in [6, 6.07) is 12.2. The number of pyridine rings is 1. The lowest BCUT2D eigenvalue weighted by Crippen LogP contribution is -1.91. The van der Waals surface area contributed by atoms with E-state index in [1.54, 1.807) is 6.92 Å². The summed E-state index contributed by atoms with van der Waals surface area (Å²) in [6.45, 7) is 1.78. The first-order chi connectivity index (χ1) is 8.75. The van der Waals surface area contributed by atoms with Gasteiger partial charge in [-0.2, -0.15) is 0 Å². The minimum atomic E-state index is -0.388. The predicted octanol–water partition coefficient (Wildman–Crippen LogP) is 3.47. The van der Waals surface area contributed by atoms with E-state index in [0.29, 0.717) is 0 Å². The summed E-state index contributed by atoms with van der Waals surface area (Å²) in [6.07, 6.45) is 4.32. The van der Waals surface area contributed by atoms with E-state index in [2.05, 4.69) is 29.2 Å². The Balaban J connectivity index is 1.83. The number of benzene rings is 1. The zero-order chi connectivity index (χ0) is 12.8. The van der Waals surface area contributed by atoms with E-state index < -0.39 is 0 Å². The molecule has 18 heavy (non-hydrogen) atoms. The van der Waals surface area contributed by atoms with Crippen molar-refractivity contribution >= 4 is 11.8 Å². The summed E-state index contributed by atoms with van der Waals surface area (Å²) in [5, 5.41) is 9.43. The minimum absolute atomic E-state index is 0.388. The molecule has 0 spiro atoms. The van der Waals surface area contributed by atoms with Crippen LogP contribution >= 0.6 is 11.8 Å². The minimum Gasteiger partial charge on any atom is -0.389 e. The maximum absolute atomic E-state index is 9.43. The molecular formula is C15H17NOS. The number of aryl methyl sites for hydroxylation is 1. The first-order valence-corrected chi connectivity index (χ1v) is 7.04. The Morgan fingerprint density at radius 1 is 1.11 bits per heavy atom. The quantitative estimate of drug-likeness (QED) is 0.835. The van der Waals surface area contributed by atoms with Gasteiger partial charge in [-0.25, -0.2) is 0 Å². The molecule has 94 valence electrons. The summed E-state index contributed by atoms with van der Waals surface area (Å²) in [5.74, 6) is 1.05. The maximum Gasteiger partial charge on any atom is 0.0761 e. The normalized spacial score (nSPS) is 12.3. The Labute approximate surface area is 112 Å². The number of aliphatic hydroxyl groups excluding tert-OH is 1. The van der Waals surface area contributed by atoms with Gasteiger partial charge in [-0.3, -0.25) is 4.98 Å². The van der Waals surface area contributed by atoms with E-state index >= 15 is 0 Å². The van der Waals surface area contributed by atoms with Gasteiger partial charge >= 0.3 is 0 Å². The van der Waals surface area contributed by atoms with Crippen LogP contribution in [-0.2, 0) is 6.42 Å². The Bertz CT molecular complexity index is 468. The van der Waals surface area contributed by atoms with Crippen LogP contribution in [0.25, 0.3) is 0 Å². The molecular weight excluding hydrogens is 242 g/mol. The van der Waals surface area contributed by atoms with Gasteiger partial charge < -0.3 is 5.11 Å². The molecule has 1 aromatic heterocycles. The van der Waals surface area contributed by atoms with E-state index in [4.69, 9.17) is 0 Å². The molecule has 0 aliphatic carbocycles. The van der Waals surface area contributed by atoms with Gasteiger partial charge in [0.1, 0.15) is 0 Å². The van der Waals surface area contributed by atoms with Gasteiger partial charge in [0.15, 0.2) is 0 Å². The average Bonchev–Trinajstić information content (AvgIpc) is 2.40. The Hall–Kier alpha value is -1.32. The van der Waals surface area contributed by atoms with Crippen LogP contribution in [0.5, 0.6) is 0 Å². The van der Waals surface area contributed by atoms with E-state index in [9.17, 15) is 5.11 Å². The molecule has 1 aromatic carbocycles. The lowest BCUT2D eigenvalue weighted by Gasteiger charge is -2.06. The first-order valence-electron chi connectivity index (χ1n) is 6.05. The molecule has 1 N–H and O–H groups in total. The van der Waals surface area contributed by atoms with Gasteiger partial charge in [-0.05, 0) is 48.7 Å². The highest BCUT2D eigenvalue weighted by Gasteiger charge is 2.00. The largest absolute Gasteiger partial charge is 0.389 e. The zero-order valence-electron chi connectivity index (χ0n) is 10.4. The van der Waals surface area contributed by atoms with E-state index in [0.717, 1.165) is 17.7 Å². The van der Waals surface area contributed by atoms with Crippen LogP contribution in [0.2, 0.25) is 0 Å². The number of nitrogens with zero attached hydrogens (tertiary/aromatic N) is 1. The number of aromatic nitrogens is 1. The fourth-order valence-electron chi connectivity index (χ4n) is 1.68. The fraction of sp³-hybridized carbons (Fsp3) is 0.267. The Morgan fingerprint density at radius 2 is 1.78 bits per heavy atom. The van der Waals surface area contributed by atoms with Crippen LogP contribution in [0.3, 0.4) is 0 Å². The highest BCUT2D eigenvalue weighted by Crippen LogP contribution is 2.21. The molecule has 0 saturated carbocycles. The fourth-order valence-corrected chi connectivity index (χ4v) is 2.58. The van der Waals surface area contributed by atoms with Crippen molar-refractivity contribution in [3.63, 3.8) is 0 Å². The highest BCUT2D eigenvalue weighted by molar-refractivity contribution is 7.99. The van der Waals surface area contributed by atoms with Crippen LogP contribution in [0.1, 0.15) is 24.2 Å². The molecule has 0 aliphatic rings. The van der Waals surface area contributed by atoms with Gasteiger partial charge in [-0.1, -0.05) is 12.1 Å². The molecule has 3 heteroatoms. The smallest absolute Gasteiger partial charge is 0.0761 e. The predicted molar refractivity (Wildman–Crippen MR) is 75.7 cm³/mol. The van der Waals surface area contributed by atoms with Crippen molar-refractivity contribution in [3.8, 4) is 0 Å². The number of hydrogen-bond donors (Lipinski definition) is 1. The monoisotopic (exact) mass is 259 g/mol. The topological polar surface area (TPSA) is 33.1 Å². The Kier molecular flexibility index (Phi) is 4.79. The van der Waals surface area contributed by atoms with Crippen molar-refractivity contribution in [2.75, 3.05) is 5.75 Å². The second-order valence-electron chi connectivity index (χ2n) is 4.20. The van der Waals surface area contributed by atoms with Crippen molar-refractivity contribution in [1.82, 2.24) is 4.98 Å². The summed E-state index contributed by atoms with van der Waals surface area (Å²) < 4.78 is 0.